The third-order valence-electron chi connectivity index (χ3n) is 8.92. The Bertz CT molecular complexity index is 1070. The molecule has 0 saturated carbocycles. The summed E-state index contributed by atoms with van der Waals surface area (Å²) >= 11 is 0. The minimum Gasteiger partial charge on any atom is -0.414 e. The molecule has 220 valence electrons. The van der Waals surface area contributed by atoms with Crippen LogP contribution in [-0.2, 0) is 13.6 Å². The van der Waals surface area contributed by atoms with Crippen LogP contribution in [0.5, 0.6) is 0 Å². The van der Waals surface area contributed by atoms with Crippen LogP contribution in [0.4, 0.5) is 0 Å². The van der Waals surface area contributed by atoms with Gasteiger partial charge in [-0.25, -0.2) is 0 Å². The third-order valence-corrected chi connectivity index (χ3v) is 18.5. The molecule has 0 N–H and O–H groups in total. The topological polar surface area (TPSA) is 31.0 Å². The molecule has 0 bridgehead atoms. The van der Waals surface area contributed by atoms with Gasteiger partial charge in [-0.2, -0.15) is 0 Å². The molecule has 3 rings (SSSR count). The minimum absolute atomic E-state index is 0.0884. The summed E-state index contributed by atoms with van der Waals surface area (Å²) in [5.74, 6) is 0.157. The molecule has 0 aromatic heterocycles. The van der Waals surface area contributed by atoms with E-state index in [-0.39, 0.29) is 28.2 Å². The first-order valence-electron chi connectivity index (χ1n) is 15.0. The van der Waals surface area contributed by atoms with Gasteiger partial charge in [0.25, 0.3) is 8.32 Å². The highest BCUT2D eigenvalue weighted by Gasteiger charge is 2.52. The van der Waals surface area contributed by atoms with E-state index in [4.69, 9.17) is 13.6 Å². The molecule has 1 saturated heterocycles. The van der Waals surface area contributed by atoms with Gasteiger partial charge in [0.1, 0.15) is 0 Å². The Kier molecular flexibility index (Phi) is 10.7. The first-order chi connectivity index (χ1) is 18.6. The summed E-state index contributed by atoms with van der Waals surface area (Å²) in [7, 11) is -4.63. The van der Waals surface area contributed by atoms with E-state index in [1.807, 2.05) is 6.08 Å². The molecule has 3 nitrogen and oxygen atoms in total. The van der Waals surface area contributed by atoms with Crippen LogP contribution < -0.4 is 10.4 Å². The van der Waals surface area contributed by atoms with Crippen molar-refractivity contribution in [2.45, 2.75) is 110 Å². The lowest BCUT2D eigenvalue weighted by Crippen LogP contribution is -2.68. The SMILES string of the molecule is C=C[C@H](C)[C@H](O[Si](c1ccccc1)(c1ccccc1)C(C)(C)C)/C(C)=C/C[C@H](C[C@H]1CO1)O[Si](C)(C)C(C)(C)C. The normalized spacial score (nSPS) is 19.1. The van der Waals surface area contributed by atoms with Crippen LogP contribution in [0.1, 0.15) is 68.2 Å². The van der Waals surface area contributed by atoms with Gasteiger partial charge in [0, 0.05) is 12.3 Å². The number of hydrogen-bond acceptors (Lipinski definition) is 3. The van der Waals surface area contributed by atoms with Crippen LogP contribution in [-0.4, -0.2) is 41.6 Å². The summed E-state index contributed by atoms with van der Waals surface area (Å²) < 4.78 is 20.2. The van der Waals surface area contributed by atoms with E-state index in [1.54, 1.807) is 0 Å². The molecule has 0 spiro atoms. The van der Waals surface area contributed by atoms with Gasteiger partial charge in [-0.05, 0) is 52.5 Å². The first kappa shape index (κ1) is 32.7. The molecule has 40 heavy (non-hydrogen) atoms. The summed E-state index contributed by atoms with van der Waals surface area (Å²) in [5.41, 5.74) is 1.25. The van der Waals surface area contributed by atoms with Crippen LogP contribution >= 0.6 is 0 Å². The Balaban J connectivity index is 2.02. The number of ether oxygens (including phenoxy) is 1. The summed E-state index contributed by atoms with van der Waals surface area (Å²) in [4.78, 5) is 0. The minimum atomic E-state index is -2.72. The van der Waals surface area contributed by atoms with E-state index in [9.17, 15) is 0 Å². The van der Waals surface area contributed by atoms with Crippen LogP contribution in [0.25, 0.3) is 0 Å². The average molecular weight is 579 g/mol. The van der Waals surface area contributed by atoms with Gasteiger partial charge < -0.3 is 13.6 Å². The van der Waals surface area contributed by atoms with Crippen molar-refractivity contribution in [1.29, 1.82) is 0 Å². The maximum Gasteiger partial charge on any atom is 0.261 e. The number of hydrogen-bond donors (Lipinski definition) is 0. The van der Waals surface area contributed by atoms with E-state index in [1.165, 1.54) is 15.9 Å². The molecule has 1 heterocycles. The molecule has 0 aliphatic carbocycles. The molecule has 2 aromatic rings. The second-order valence-electron chi connectivity index (χ2n) is 14.2. The lowest BCUT2D eigenvalue weighted by Gasteiger charge is -2.46. The van der Waals surface area contributed by atoms with Crippen LogP contribution in [0.3, 0.4) is 0 Å². The van der Waals surface area contributed by atoms with Gasteiger partial charge in [0.2, 0.25) is 0 Å². The molecule has 4 atom stereocenters. The lowest BCUT2D eigenvalue weighted by atomic mass is 9.97. The molecule has 1 fully saturated rings. The number of benzene rings is 2. The van der Waals surface area contributed by atoms with Gasteiger partial charge in [0.05, 0.1) is 24.9 Å². The van der Waals surface area contributed by atoms with E-state index in [2.05, 4.69) is 142 Å². The highest BCUT2D eigenvalue weighted by molar-refractivity contribution is 6.99. The quantitative estimate of drug-likeness (QED) is 0.136. The zero-order valence-corrected chi connectivity index (χ0v) is 28.8. The molecule has 0 radical (unpaired) electrons. The van der Waals surface area contributed by atoms with Gasteiger partial charge in [-0.3, -0.25) is 0 Å². The van der Waals surface area contributed by atoms with Gasteiger partial charge in [0.15, 0.2) is 8.32 Å². The molecule has 0 unspecified atom stereocenters. The van der Waals surface area contributed by atoms with Crippen molar-refractivity contribution in [3.05, 3.63) is 85.0 Å². The zero-order chi connectivity index (χ0) is 29.8. The maximum atomic E-state index is 7.61. The molecule has 1 aliphatic rings. The van der Waals surface area contributed by atoms with Crippen molar-refractivity contribution in [3.8, 4) is 0 Å². The van der Waals surface area contributed by atoms with Crippen molar-refractivity contribution in [2.75, 3.05) is 6.61 Å². The molecule has 0 amide bonds. The van der Waals surface area contributed by atoms with Crippen LogP contribution in [0, 0.1) is 5.92 Å². The summed E-state index contributed by atoms with van der Waals surface area (Å²) in [5, 5.41) is 2.67. The van der Waals surface area contributed by atoms with E-state index >= 15 is 0 Å². The maximum absolute atomic E-state index is 7.61. The van der Waals surface area contributed by atoms with Crippen LogP contribution in [0.15, 0.2) is 85.0 Å². The predicted molar refractivity (Wildman–Crippen MR) is 177 cm³/mol. The highest BCUT2D eigenvalue weighted by Crippen LogP contribution is 2.41. The fraction of sp³-hybridized carbons (Fsp3) is 0.543. The van der Waals surface area contributed by atoms with Crippen molar-refractivity contribution < 1.29 is 13.6 Å². The fourth-order valence-electron chi connectivity index (χ4n) is 5.34. The molecule has 1 aliphatic heterocycles. The average Bonchev–Trinajstić information content (AvgIpc) is 3.71. The fourth-order valence-corrected chi connectivity index (χ4v) is 11.5. The molecular formula is C35H54O3Si2. The van der Waals surface area contributed by atoms with Gasteiger partial charge in [-0.1, -0.05) is 121 Å². The Hall–Kier alpha value is -1.77. The second kappa shape index (κ2) is 13.0. The van der Waals surface area contributed by atoms with Gasteiger partial charge in [-0.15, -0.1) is 6.58 Å². The van der Waals surface area contributed by atoms with Crippen molar-refractivity contribution in [3.63, 3.8) is 0 Å². The van der Waals surface area contributed by atoms with E-state index in [0.29, 0.717) is 6.10 Å². The summed E-state index contributed by atoms with van der Waals surface area (Å²) in [6.07, 6.45) is 6.63. The van der Waals surface area contributed by atoms with Crippen molar-refractivity contribution in [1.82, 2.24) is 0 Å². The van der Waals surface area contributed by atoms with Crippen LogP contribution in [0.2, 0.25) is 23.2 Å². The van der Waals surface area contributed by atoms with Crippen molar-refractivity contribution >= 4 is 27.0 Å². The van der Waals surface area contributed by atoms with E-state index < -0.39 is 16.6 Å². The van der Waals surface area contributed by atoms with Gasteiger partial charge >= 0.3 is 0 Å². The molecule has 5 heteroatoms. The van der Waals surface area contributed by atoms with Crippen molar-refractivity contribution in [2.24, 2.45) is 5.92 Å². The third kappa shape index (κ3) is 7.74. The Morgan fingerprint density at radius 2 is 1.43 bits per heavy atom. The Labute approximate surface area is 247 Å². The predicted octanol–water partition coefficient (Wildman–Crippen LogP) is 8.27. The Morgan fingerprint density at radius 3 is 1.82 bits per heavy atom. The smallest absolute Gasteiger partial charge is 0.261 e. The molecular weight excluding hydrogens is 525 g/mol. The standard InChI is InChI=1S/C35H54O3Si2/c1-12-27(2)33(28(3)23-24-29(25-30-26-36-30)37-39(10,11)34(4,5)6)38-40(35(7,8)9,31-19-15-13-16-20-31)32-21-17-14-18-22-32/h12-23,27,29-30,33H,1,24-26H2,2-11H3/b28-23+/t27-,29+,30-,33-/m0/s1. The monoisotopic (exact) mass is 578 g/mol. The second-order valence-corrected chi connectivity index (χ2v) is 23.2. The first-order valence-corrected chi connectivity index (χ1v) is 19.8. The largest absolute Gasteiger partial charge is 0.414 e. The number of rotatable bonds is 13. The highest BCUT2D eigenvalue weighted by atomic mass is 28.4. The van der Waals surface area contributed by atoms with E-state index in [0.717, 1.165) is 19.4 Å². The zero-order valence-electron chi connectivity index (χ0n) is 26.8. The Morgan fingerprint density at radius 1 is 0.925 bits per heavy atom. The summed E-state index contributed by atoms with van der Waals surface area (Å²) in [6.45, 7) is 28.2. The summed E-state index contributed by atoms with van der Waals surface area (Å²) in [6, 6.07) is 21.8. The number of epoxide rings is 1. The molecule has 2 aromatic carbocycles. The lowest BCUT2D eigenvalue weighted by molar-refractivity contribution is 0.158.